The van der Waals surface area contributed by atoms with Crippen molar-refractivity contribution in [2.45, 2.75) is 25.8 Å². The Morgan fingerprint density at radius 3 is 2.21 bits per heavy atom. The van der Waals surface area contributed by atoms with Gasteiger partial charge in [0.05, 0.1) is 14.2 Å². The first-order valence-electron chi connectivity index (χ1n) is 6.73. The van der Waals surface area contributed by atoms with E-state index in [9.17, 15) is 0 Å². The van der Waals surface area contributed by atoms with E-state index in [0.29, 0.717) is 0 Å². The molecule has 1 aromatic rings. The molecule has 0 aliphatic rings. The summed E-state index contributed by atoms with van der Waals surface area (Å²) in [5.74, 6) is 1.64. The molecular weight excluding hydrogens is 242 g/mol. The van der Waals surface area contributed by atoms with Gasteiger partial charge in [0.2, 0.25) is 0 Å². The van der Waals surface area contributed by atoms with Crippen molar-refractivity contribution >= 4 is 0 Å². The Hall–Kier alpha value is -1.26. The number of nitrogens with one attached hydrogen (secondary N) is 1. The van der Waals surface area contributed by atoms with Crippen LogP contribution < -0.4 is 14.8 Å². The molecule has 0 aliphatic heterocycles. The molecule has 0 fully saturated rings. The van der Waals surface area contributed by atoms with E-state index >= 15 is 0 Å². The van der Waals surface area contributed by atoms with Crippen LogP contribution in [-0.2, 0) is 4.74 Å². The smallest absolute Gasteiger partial charge is 0.122 e. The van der Waals surface area contributed by atoms with Gasteiger partial charge in [0, 0.05) is 25.3 Å². The quantitative estimate of drug-likeness (QED) is 0.698. The molecule has 0 radical (unpaired) electrons. The molecule has 4 heteroatoms. The predicted octanol–water partition coefficient (Wildman–Crippen LogP) is 2.78. The molecule has 108 valence electrons. The van der Waals surface area contributed by atoms with Crippen molar-refractivity contribution in [3.8, 4) is 11.5 Å². The summed E-state index contributed by atoms with van der Waals surface area (Å²) in [5.41, 5.74) is 1.18. The van der Waals surface area contributed by atoms with E-state index in [1.165, 1.54) is 5.56 Å². The second kappa shape index (κ2) is 8.77. The average Bonchev–Trinajstić information content (AvgIpc) is 2.46. The fraction of sp³-hybridized carbons (Fsp3) is 0.600. The fourth-order valence-electron chi connectivity index (χ4n) is 2.04. The number of methoxy groups -OCH3 is 2. The largest absolute Gasteiger partial charge is 0.497 e. The fourth-order valence-corrected chi connectivity index (χ4v) is 2.04. The van der Waals surface area contributed by atoms with Crippen molar-refractivity contribution in [3.05, 3.63) is 23.8 Å². The molecule has 19 heavy (non-hydrogen) atoms. The van der Waals surface area contributed by atoms with Crippen LogP contribution in [0.15, 0.2) is 18.2 Å². The van der Waals surface area contributed by atoms with Crippen LogP contribution in [0.1, 0.15) is 31.4 Å². The summed E-state index contributed by atoms with van der Waals surface area (Å²) in [4.78, 5) is 0. The summed E-state index contributed by atoms with van der Waals surface area (Å²) < 4.78 is 16.0. The van der Waals surface area contributed by atoms with E-state index < -0.39 is 0 Å². The standard InChI is InChI=1S/C15H25NO3/c1-5-19-8-6-7-15(16-2)12-9-13(17-3)11-14(10-12)18-4/h9-11,15-16H,5-8H2,1-4H3. The molecule has 4 nitrogen and oxygen atoms in total. The van der Waals surface area contributed by atoms with Crippen LogP contribution in [0.2, 0.25) is 0 Å². The van der Waals surface area contributed by atoms with Crippen molar-refractivity contribution in [1.29, 1.82) is 0 Å². The Labute approximate surface area is 116 Å². The molecule has 0 aliphatic carbocycles. The molecule has 0 aromatic heterocycles. The van der Waals surface area contributed by atoms with E-state index in [2.05, 4.69) is 5.32 Å². The maximum Gasteiger partial charge on any atom is 0.122 e. The molecule has 0 saturated carbocycles. The Kier molecular flexibility index (Phi) is 7.30. The van der Waals surface area contributed by atoms with Gasteiger partial charge in [-0.05, 0) is 44.5 Å². The first kappa shape index (κ1) is 15.8. The first-order valence-corrected chi connectivity index (χ1v) is 6.73. The minimum atomic E-state index is 0.282. The third kappa shape index (κ3) is 5.09. The highest BCUT2D eigenvalue weighted by Crippen LogP contribution is 2.28. The van der Waals surface area contributed by atoms with Crippen molar-refractivity contribution < 1.29 is 14.2 Å². The van der Waals surface area contributed by atoms with Crippen LogP contribution in [-0.4, -0.2) is 34.5 Å². The van der Waals surface area contributed by atoms with Crippen molar-refractivity contribution in [1.82, 2.24) is 5.32 Å². The zero-order chi connectivity index (χ0) is 14.1. The monoisotopic (exact) mass is 267 g/mol. The minimum Gasteiger partial charge on any atom is -0.497 e. The van der Waals surface area contributed by atoms with Gasteiger partial charge in [-0.3, -0.25) is 0 Å². The van der Waals surface area contributed by atoms with Crippen LogP contribution in [0.4, 0.5) is 0 Å². The van der Waals surface area contributed by atoms with Gasteiger partial charge in [-0.2, -0.15) is 0 Å². The van der Waals surface area contributed by atoms with Crippen molar-refractivity contribution in [2.24, 2.45) is 0 Å². The van der Waals surface area contributed by atoms with E-state index in [1.54, 1.807) is 14.2 Å². The lowest BCUT2D eigenvalue weighted by atomic mass is 10.0. The highest BCUT2D eigenvalue weighted by molar-refractivity contribution is 5.39. The van der Waals surface area contributed by atoms with Gasteiger partial charge < -0.3 is 19.5 Å². The molecule has 0 saturated heterocycles. The molecule has 0 heterocycles. The molecule has 1 atom stereocenters. The Balaban J connectivity index is 2.73. The maximum atomic E-state index is 5.38. The van der Waals surface area contributed by atoms with Gasteiger partial charge in [0.1, 0.15) is 11.5 Å². The summed E-state index contributed by atoms with van der Waals surface area (Å²) in [6, 6.07) is 6.26. The number of hydrogen-bond acceptors (Lipinski definition) is 4. The molecule has 0 bridgehead atoms. The number of benzene rings is 1. The Morgan fingerprint density at radius 2 is 1.74 bits per heavy atom. The summed E-state index contributed by atoms with van der Waals surface area (Å²) in [7, 11) is 5.31. The molecular formula is C15H25NO3. The van der Waals surface area contributed by atoms with Gasteiger partial charge in [0.25, 0.3) is 0 Å². The predicted molar refractivity (Wildman–Crippen MR) is 77.1 cm³/mol. The third-order valence-electron chi connectivity index (χ3n) is 3.11. The summed E-state index contributed by atoms with van der Waals surface area (Å²) >= 11 is 0. The third-order valence-corrected chi connectivity index (χ3v) is 3.11. The van der Waals surface area contributed by atoms with Gasteiger partial charge in [-0.25, -0.2) is 0 Å². The first-order chi connectivity index (χ1) is 9.24. The zero-order valence-electron chi connectivity index (χ0n) is 12.4. The van der Waals surface area contributed by atoms with Crippen molar-refractivity contribution in [3.63, 3.8) is 0 Å². The van der Waals surface area contributed by atoms with Crippen LogP contribution in [0.3, 0.4) is 0 Å². The molecule has 1 aromatic carbocycles. The molecule has 1 N–H and O–H groups in total. The minimum absolute atomic E-state index is 0.282. The topological polar surface area (TPSA) is 39.7 Å². The highest BCUT2D eigenvalue weighted by atomic mass is 16.5. The van der Waals surface area contributed by atoms with Crippen LogP contribution in [0, 0.1) is 0 Å². The van der Waals surface area contributed by atoms with E-state index in [-0.39, 0.29) is 6.04 Å². The van der Waals surface area contributed by atoms with Gasteiger partial charge in [-0.15, -0.1) is 0 Å². The average molecular weight is 267 g/mol. The Morgan fingerprint density at radius 1 is 1.11 bits per heavy atom. The van der Waals surface area contributed by atoms with Crippen LogP contribution in [0.5, 0.6) is 11.5 Å². The molecule has 1 rings (SSSR count). The van der Waals surface area contributed by atoms with E-state index in [0.717, 1.165) is 37.6 Å². The molecule has 1 unspecified atom stereocenters. The van der Waals surface area contributed by atoms with E-state index in [1.807, 2.05) is 32.2 Å². The van der Waals surface area contributed by atoms with Crippen LogP contribution in [0.25, 0.3) is 0 Å². The lowest BCUT2D eigenvalue weighted by molar-refractivity contribution is 0.141. The summed E-state index contributed by atoms with van der Waals surface area (Å²) in [5, 5.41) is 3.33. The van der Waals surface area contributed by atoms with Crippen molar-refractivity contribution in [2.75, 3.05) is 34.5 Å². The summed E-state index contributed by atoms with van der Waals surface area (Å²) in [6.07, 6.45) is 2.05. The normalized spacial score (nSPS) is 12.2. The second-order valence-electron chi connectivity index (χ2n) is 4.33. The number of hydrogen-bond donors (Lipinski definition) is 1. The van der Waals surface area contributed by atoms with Gasteiger partial charge in [0.15, 0.2) is 0 Å². The second-order valence-corrected chi connectivity index (χ2v) is 4.33. The zero-order valence-corrected chi connectivity index (χ0v) is 12.4. The highest BCUT2D eigenvalue weighted by Gasteiger charge is 2.12. The summed E-state index contributed by atoms with van der Waals surface area (Å²) in [6.45, 7) is 3.59. The van der Waals surface area contributed by atoms with Crippen LogP contribution >= 0.6 is 0 Å². The number of ether oxygens (including phenoxy) is 3. The molecule has 0 spiro atoms. The lowest BCUT2D eigenvalue weighted by Gasteiger charge is -2.18. The van der Waals surface area contributed by atoms with Gasteiger partial charge >= 0.3 is 0 Å². The number of rotatable bonds is 9. The lowest BCUT2D eigenvalue weighted by Crippen LogP contribution is -2.17. The Bertz CT molecular complexity index is 346. The SMILES string of the molecule is CCOCCCC(NC)c1cc(OC)cc(OC)c1. The van der Waals surface area contributed by atoms with Gasteiger partial charge in [-0.1, -0.05) is 0 Å². The molecule has 0 amide bonds. The van der Waals surface area contributed by atoms with E-state index in [4.69, 9.17) is 14.2 Å². The maximum absolute atomic E-state index is 5.38.